The van der Waals surface area contributed by atoms with Gasteiger partial charge in [-0.25, -0.2) is 0 Å². The smallest absolute Gasteiger partial charge is 0 e. The van der Waals surface area contributed by atoms with Gasteiger partial charge >= 0.3 is 0 Å². The molecule has 4 heavy (non-hydrogen) atoms. The summed E-state index contributed by atoms with van der Waals surface area (Å²) in [5, 5.41) is 0. The molecular weight excluding hydrogens is 422 g/mol. The monoisotopic (exact) mass is 421 g/mol. The van der Waals surface area contributed by atoms with Crippen molar-refractivity contribution < 1.29 is 117 Å². The van der Waals surface area contributed by atoms with Crippen molar-refractivity contribution in [2.24, 2.45) is 0 Å². The predicted octanol–water partition coefficient (Wildman–Crippen LogP) is -0.00500. The predicted molar refractivity (Wildman–Crippen MR) is 0 cm³/mol. The molecule has 0 bridgehead atoms. The van der Waals surface area contributed by atoms with Gasteiger partial charge in [-0.1, -0.05) is 0 Å². The molecule has 0 aliphatic heterocycles. The van der Waals surface area contributed by atoms with Gasteiger partial charge in [0.2, 0.25) is 0 Å². The van der Waals surface area contributed by atoms with E-state index in [1.807, 2.05) is 0 Å². The first kappa shape index (κ1) is 24.9. The number of hydrogen-bond acceptors (Lipinski definition) is 0. The molecule has 0 rings (SSSR count). The molecule has 0 saturated carbocycles. The van der Waals surface area contributed by atoms with E-state index in [0.717, 1.165) is 0 Å². The molecule has 4 heteroatoms. The van der Waals surface area contributed by atoms with Crippen LogP contribution in [0, 0.1) is 78.6 Å². The van der Waals surface area contributed by atoms with Gasteiger partial charge in [0.1, 0.15) is 0 Å². The zero-order chi connectivity index (χ0) is 0. The Labute approximate surface area is 114 Å². The van der Waals surface area contributed by atoms with E-state index < -0.39 is 0 Å². The summed E-state index contributed by atoms with van der Waals surface area (Å²) in [7, 11) is 0. The third-order valence-corrected chi connectivity index (χ3v) is 0. The van der Waals surface area contributed by atoms with Crippen LogP contribution in [0.2, 0.25) is 0 Å². The van der Waals surface area contributed by atoms with Gasteiger partial charge in [-0.15, -0.1) is 0 Å². The summed E-state index contributed by atoms with van der Waals surface area (Å²) < 4.78 is 0. The summed E-state index contributed by atoms with van der Waals surface area (Å²) in [6.07, 6.45) is 0. The largest absolute Gasteiger partial charge is 0 e. The van der Waals surface area contributed by atoms with Crippen LogP contribution in [0.5, 0.6) is 0 Å². The van der Waals surface area contributed by atoms with Gasteiger partial charge < -0.3 is 0 Å². The van der Waals surface area contributed by atoms with Crippen LogP contribution in [0.25, 0.3) is 0 Å². The Morgan fingerprint density at radius 1 is 1.00 bits per heavy atom. The van der Waals surface area contributed by atoms with Crippen molar-refractivity contribution in [3.05, 3.63) is 0 Å². The average molecular weight is 422 g/mol. The first-order valence-electron chi connectivity index (χ1n) is 0. The molecule has 0 aromatic heterocycles. The first-order chi connectivity index (χ1) is 0. The van der Waals surface area contributed by atoms with E-state index in [0.29, 0.717) is 0 Å². The van der Waals surface area contributed by atoms with Crippen LogP contribution < -0.4 is 0 Å². The molecule has 0 heterocycles. The summed E-state index contributed by atoms with van der Waals surface area (Å²) >= 11 is 0. The van der Waals surface area contributed by atoms with Crippen LogP contribution in [-0.2, 0) is 38.2 Å². The summed E-state index contributed by atoms with van der Waals surface area (Å²) in [5.41, 5.74) is 0. The van der Waals surface area contributed by atoms with Crippen LogP contribution in [0.1, 0.15) is 0 Å². The fourth-order valence-corrected chi connectivity index (χ4v) is 0. The van der Waals surface area contributed by atoms with Crippen molar-refractivity contribution in [3.63, 3.8) is 0 Å². The molecule has 0 atom stereocenters. The van der Waals surface area contributed by atoms with Crippen molar-refractivity contribution in [1.29, 1.82) is 0 Å². The number of rotatable bonds is 0. The maximum Gasteiger partial charge on any atom is 0 e. The van der Waals surface area contributed by atoms with Gasteiger partial charge in [0.25, 0.3) is 0 Å². The minimum Gasteiger partial charge on any atom is 0 e. The summed E-state index contributed by atoms with van der Waals surface area (Å²) in [4.78, 5) is 0. The van der Waals surface area contributed by atoms with Crippen molar-refractivity contribution in [2.75, 3.05) is 0 Å². The molecule has 0 aliphatic carbocycles. The molecular formula is CeLuNiTi. The molecule has 1 radical (unpaired) electrons. The quantitative estimate of drug-likeness (QED) is 0.483. The Morgan fingerprint density at radius 2 is 1.00 bits per heavy atom. The summed E-state index contributed by atoms with van der Waals surface area (Å²) in [6.45, 7) is 0. The standard InChI is InChI=1S/Ce.Lu.Ni.Ti. The van der Waals surface area contributed by atoms with Crippen molar-refractivity contribution in [1.82, 2.24) is 0 Å². The SMILES string of the molecule is [Ce].[Lu].[Ni].[Ti]. The second-order valence-corrected chi connectivity index (χ2v) is 0. The number of hydrogen-bond donors (Lipinski definition) is 0. The molecule has 0 spiro atoms. The second kappa shape index (κ2) is 15.8. The van der Waals surface area contributed by atoms with Gasteiger partial charge in [0, 0.05) is 117 Å². The summed E-state index contributed by atoms with van der Waals surface area (Å²) in [6, 6.07) is 0. The van der Waals surface area contributed by atoms with Crippen LogP contribution >= 0.6 is 0 Å². The maximum atomic E-state index is 0. The van der Waals surface area contributed by atoms with Crippen LogP contribution in [-0.4, -0.2) is 0 Å². The van der Waals surface area contributed by atoms with Gasteiger partial charge in [0.15, 0.2) is 0 Å². The molecule has 0 unspecified atom stereocenters. The van der Waals surface area contributed by atoms with E-state index in [4.69, 9.17) is 0 Å². The Balaban J connectivity index is 0. The van der Waals surface area contributed by atoms with Crippen LogP contribution in [0.15, 0.2) is 0 Å². The van der Waals surface area contributed by atoms with E-state index in [1.165, 1.54) is 0 Å². The Hall–Kier alpha value is 3.82. The average Bonchev–Trinajstić information content (AvgIpc) is 0. The Kier molecular flexibility index (Phi) is 98.7. The van der Waals surface area contributed by atoms with Crippen LogP contribution in [0.3, 0.4) is 0 Å². The fraction of sp³-hybridized carbons (Fsp3) is 0. The van der Waals surface area contributed by atoms with E-state index in [1.54, 1.807) is 0 Å². The second-order valence-electron chi connectivity index (χ2n) is 0. The molecule has 0 saturated heterocycles. The van der Waals surface area contributed by atoms with E-state index in [2.05, 4.69) is 0 Å². The molecule has 0 aromatic carbocycles. The molecule has 33 valence electrons. The Bertz CT molecular complexity index is 8.00. The fourth-order valence-electron chi connectivity index (χ4n) is 0. The summed E-state index contributed by atoms with van der Waals surface area (Å²) in [5.74, 6) is 0. The minimum absolute atomic E-state index is 0. The Morgan fingerprint density at radius 3 is 1.00 bits per heavy atom. The van der Waals surface area contributed by atoms with Gasteiger partial charge in [-0.3, -0.25) is 0 Å². The van der Waals surface area contributed by atoms with Crippen molar-refractivity contribution in [2.45, 2.75) is 0 Å². The van der Waals surface area contributed by atoms with Gasteiger partial charge in [-0.2, -0.15) is 0 Å². The third-order valence-electron chi connectivity index (χ3n) is 0. The zero-order valence-corrected chi connectivity index (χ0v) is 8.92. The molecule has 0 fully saturated rings. The molecule has 0 N–H and O–H groups in total. The first-order valence-corrected chi connectivity index (χ1v) is 0. The minimum atomic E-state index is 0. The zero-order valence-electron chi connectivity index (χ0n) is 1.57. The normalized spacial score (nSPS) is 0. The van der Waals surface area contributed by atoms with E-state index >= 15 is 0 Å². The van der Waals surface area contributed by atoms with Crippen molar-refractivity contribution in [3.8, 4) is 0 Å². The topological polar surface area (TPSA) is 0 Å². The van der Waals surface area contributed by atoms with E-state index in [9.17, 15) is 0 Å². The molecule has 0 aromatic rings. The van der Waals surface area contributed by atoms with Crippen molar-refractivity contribution >= 4 is 0 Å². The third kappa shape index (κ3) is 9.26. The van der Waals surface area contributed by atoms with Crippen LogP contribution in [0.4, 0.5) is 0 Å². The van der Waals surface area contributed by atoms with Gasteiger partial charge in [-0.05, 0) is 0 Å². The molecule has 0 amide bonds. The van der Waals surface area contributed by atoms with Gasteiger partial charge in [0.05, 0.1) is 0 Å². The maximum absolute atomic E-state index is 0. The van der Waals surface area contributed by atoms with E-state index in [-0.39, 0.29) is 117 Å². The molecule has 0 aliphatic rings. The molecule has 0 nitrogen and oxygen atoms in total.